The molecular weight excluding hydrogens is 432 g/mol. The minimum atomic E-state index is -0.952. The van der Waals surface area contributed by atoms with Crippen LogP contribution in [-0.2, 0) is 9.78 Å². The monoisotopic (exact) mass is 464 g/mol. The zero-order chi connectivity index (χ0) is 24.6. The number of hydrogen-bond donors (Lipinski definition) is 0. The summed E-state index contributed by atoms with van der Waals surface area (Å²) in [6, 6.07) is 12.7. The number of Topliss-reactive ketones (excluding diaryl/α,β-unsaturated/α-hetero) is 1. The molecule has 0 fully saturated rings. The zero-order valence-electron chi connectivity index (χ0n) is 19.9. The summed E-state index contributed by atoms with van der Waals surface area (Å²) < 4.78 is 5.44. The van der Waals surface area contributed by atoms with Crippen LogP contribution in [0, 0.1) is 12.0 Å². The van der Waals surface area contributed by atoms with Crippen LogP contribution in [0.3, 0.4) is 0 Å². The minimum absolute atomic E-state index is 0.0394. The number of carbonyl (C=O) groups is 3. The highest BCUT2D eigenvalue weighted by Crippen LogP contribution is 2.23. The smallest absolute Gasteiger partial charge is 0.390 e. The van der Waals surface area contributed by atoms with Gasteiger partial charge in [0.1, 0.15) is 11.7 Å². The molecule has 6 nitrogen and oxygen atoms in total. The molecule has 0 heterocycles. The van der Waals surface area contributed by atoms with Crippen LogP contribution in [0.5, 0.6) is 5.75 Å². The molecular formula is C28H32O6. The fourth-order valence-electron chi connectivity index (χ4n) is 3.14. The van der Waals surface area contributed by atoms with E-state index < -0.39 is 11.9 Å². The third-order valence-corrected chi connectivity index (χ3v) is 5.12. The second-order valence-corrected chi connectivity index (χ2v) is 7.89. The van der Waals surface area contributed by atoms with Crippen LogP contribution in [0.25, 0.3) is 0 Å². The highest BCUT2D eigenvalue weighted by atomic mass is 17.2. The van der Waals surface area contributed by atoms with Crippen LogP contribution >= 0.6 is 0 Å². The van der Waals surface area contributed by atoms with Crippen molar-refractivity contribution in [3.05, 3.63) is 65.2 Å². The predicted molar refractivity (Wildman–Crippen MR) is 129 cm³/mol. The third-order valence-electron chi connectivity index (χ3n) is 5.12. The molecule has 6 heteroatoms. The molecule has 0 N–H and O–H groups in total. The lowest BCUT2D eigenvalue weighted by Crippen LogP contribution is -2.13. The van der Waals surface area contributed by atoms with Gasteiger partial charge in [-0.3, -0.25) is 4.79 Å². The summed E-state index contributed by atoms with van der Waals surface area (Å²) in [5, 5.41) is 0. The maximum Gasteiger partial charge on any atom is 0.390 e. The van der Waals surface area contributed by atoms with Gasteiger partial charge in [0.15, 0.2) is 11.5 Å². The molecule has 0 aliphatic rings. The molecule has 2 rings (SSSR count). The van der Waals surface area contributed by atoms with Gasteiger partial charge in [0, 0.05) is 18.4 Å². The Morgan fingerprint density at radius 2 is 1.47 bits per heavy atom. The number of ether oxygens (including phenoxy) is 1. The van der Waals surface area contributed by atoms with Crippen molar-refractivity contribution >= 4 is 17.7 Å². The van der Waals surface area contributed by atoms with Crippen molar-refractivity contribution in [3.8, 4) is 17.8 Å². The van der Waals surface area contributed by atoms with Gasteiger partial charge in [-0.15, -0.1) is 0 Å². The Labute approximate surface area is 201 Å². The van der Waals surface area contributed by atoms with Crippen molar-refractivity contribution in [3.63, 3.8) is 0 Å². The molecule has 0 saturated carbocycles. The van der Waals surface area contributed by atoms with Crippen LogP contribution in [0.15, 0.2) is 48.5 Å². The van der Waals surface area contributed by atoms with Gasteiger partial charge in [0.25, 0.3) is 0 Å². The SMILES string of the molecule is CCCCC#COc1ccc(C(=O)CCCCCCC)cc1C(=O)OOC(=O)c1ccccc1. The average molecular weight is 465 g/mol. The molecule has 0 bridgehead atoms. The zero-order valence-corrected chi connectivity index (χ0v) is 19.9. The molecule has 0 aromatic heterocycles. The molecule has 2 aromatic rings. The second kappa shape index (κ2) is 15.3. The Balaban J connectivity index is 2.12. The van der Waals surface area contributed by atoms with Gasteiger partial charge in [0.2, 0.25) is 0 Å². The summed E-state index contributed by atoms with van der Waals surface area (Å²) in [6.07, 6.45) is 10.7. The van der Waals surface area contributed by atoms with E-state index in [1.54, 1.807) is 24.3 Å². The van der Waals surface area contributed by atoms with E-state index in [2.05, 4.69) is 25.9 Å². The van der Waals surface area contributed by atoms with Crippen LogP contribution < -0.4 is 4.74 Å². The van der Waals surface area contributed by atoms with Crippen LogP contribution in [0.2, 0.25) is 0 Å². The molecule has 0 aliphatic carbocycles. The van der Waals surface area contributed by atoms with Gasteiger partial charge in [-0.1, -0.05) is 70.1 Å². The highest BCUT2D eigenvalue weighted by Gasteiger charge is 2.21. The number of ketones is 1. The van der Waals surface area contributed by atoms with E-state index in [4.69, 9.17) is 14.5 Å². The Morgan fingerprint density at radius 1 is 0.765 bits per heavy atom. The first-order chi connectivity index (χ1) is 16.6. The maximum atomic E-state index is 12.7. The topological polar surface area (TPSA) is 78.9 Å². The van der Waals surface area contributed by atoms with E-state index in [9.17, 15) is 14.4 Å². The summed E-state index contributed by atoms with van der Waals surface area (Å²) in [6.45, 7) is 4.20. The third kappa shape index (κ3) is 9.11. The number of unbranched alkanes of at least 4 members (excludes halogenated alkanes) is 6. The average Bonchev–Trinajstić information content (AvgIpc) is 2.87. The van der Waals surface area contributed by atoms with Crippen LogP contribution in [0.1, 0.15) is 103 Å². The Bertz CT molecular complexity index is 1000. The summed E-state index contributed by atoms with van der Waals surface area (Å²) >= 11 is 0. The molecule has 0 radical (unpaired) electrons. The lowest BCUT2D eigenvalue weighted by atomic mass is 10.0. The predicted octanol–water partition coefficient (Wildman–Crippen LogP) is 6.69. The van der Waals surface area contributed by atoms with Crippen molar-refractivity contribution in [1.82, 2.24) is 0 Å². The van der Waals surface area contributed by atoms with Crippen molar-refractivity contribution < 1.29 is 28.9 Å². The Morgan fingerprint density at radius 3 is 2.21 bits per heavy atom. The van der Waals surface area contributed by atoms with Crippen molar-refractivity contribution in [2.24, 2.45) is 0 Å². The normalized spacial score (nSPS) is 10.1. The number of hydrogen-bond acceptors (Lipinski definition) is 6. The molecule has 0 aliphatic heterocycles. The number of benzene rings is 2. The Kier molecular flexibility index (Phi) is 12.0. The van der Waals surface area contributed by atoms with Gasteiger partial charge in [0.05, 0.1) is 5.56 Å². The van der Waals surface area contributed by atoms with Crippen LogP contribution in [0.4, 0.5) is 0 Å². The second-order valence-electron chi connectivity index (χ2n) is 7.89. The molecule has 2 aromatic carbocycles. The van der Waals surface area contributed by atoms with Gasteiger partial charge < -0.3 is 4.74 Å². The quantitative estimate of drug-likeness (QED) is 0.114. The first-order valence-electron chi connectivity index (χ1n) is 11.9. The molecule has 0 spiro atoms. The largest absolute Gasteiger partial charge is 0.407 e. The molecule has 0 atom stereocenters. The Hall–Kier alpha value is -3.59. The van der Waals surface area contributed by atoms with Crippen molar-refractivity contribution in [1.29, 1.82) is 0 Å². The molecule has 0 saturated heterocycles. The van der Waals surface area contributed by atoms with Gasteiger partial charge in [-0.05, 0) is 43.2 Å². The summed E-state index contributed by atoms with van der Waals surface area (Å²) in [4.78, 5) is 46.9. The van der Waals surface area contributed by atoms with Gasteiger partial charge in [-0.2, -0.15) is 0 Å². The van der Waals surface area contributed by atoms with E-state index >= 15 is 0 Å². The number of carbonyl (C=O) groups excluding carboxylic acids is 3. The van der Waals surface area contributed by atoms with Crippen molar-refractivity contribution in [2.45, 2.75) is 71.6 Å². The maximum absolute atomic E-state index is 12.7. The first kappa shape index (κ1) is 26.7. The number of rotatable bonds is 12. The molecule has 34 heavy (non-hydrogen) atoms. The highest BCUT2D eigenvalue weighted by molar-refractivity contribution is 6.00. The van der Waals surface area contributed by atoms with E-state index in [-0.39, 0.29) is 22.7 Å². The van der Waals surface area contributed by atoms with E-state index in [1.165, 1.54) is 24.3 Å². The van der Waals surface area contributed by atoms with E-state index in [0.717, 1.165) is 44.9 Å². The fraction of sp³-hybridized carbons (Fsp3) is 0.393. The van der Waals surface area contributed by atoms with Gasteiger partial charge >= 0.3 is 11.9 Å². The lowest BCUT2D eigenvalue weighted by molar-refractivity contribution is -0.187. The molecule has 0 amide bonds. The summed E-state index contributed by atoms with van der Waals surface area (Å²) in [7, 11) is 0. The standard InChI is InChI=1S/C28H32O6/c1-3-5-7-9-13-17-25(29)23-18-19-26(32-20-14-8-6-4-2)24(21-23)28(31)34-33-27(30)22-15-11-10-12-16-22/h10-12,15-16,18-19,21H,3-9,13,17H2,1-2H3. The van der Waals surface area contributed by atoms with Crippen molar-refractivity contribution in [2.75, 3.05) is 0 Å². The lowest BCUT2D eigenvalue weighted by Gasteiger charge is -2.09. The summed E-state index contributed by atoms with van der Waals surface area (Å²) in [5.41, 5.74) is 0.561. The summed E-state index contributed by atoms with van der Waals surface area (Å²) in [5.74, 6) is 1.17. The van der Waals surface area contributed by atoms with E-state index in [0.29, 0.717) is 18.4 Å². The fourth-order valence-corrected chi connectivity index (χ4v) is 3.14. The van der Waals surface area contributed by atoms with Crippen LogP contribution in [-0.4, -0.2) is 17.7 Å². The first-order valence-corrected chi connectivity index (χ1v) is 11.9. The van der Waals surface area contributed by atoms with E-state index in [1.807, 2.05) is 0 Å². The molecule has 0 unspecified atom stereocenters. The molecule has 180 valence electrons. The minimum Gasteiger partial charge on any atom is -0.407 e. The van der Waals surface area contributed by atoms with Gasteiger partial charge in [-0.25, -0.2) is 19.4 Å².